The lowest BCUT2D eigenvalue weighted by atomic mass is 9.90. The molecule has 0 radical (unpaired) electrons. The first-order chi connectivity index (χ1) is 11.4. The third kappa shape index (κ3) is 4.91. The highest BCUT2D eigenvalue weighted by atomic mass is 19.1. The van der Waals surface area contributed by atoms with E-state index in [1.165, 1.54) is 36.6 Å². The van der Waals surface area contributed by atoms with Crippen molar-refractivity contribution in [1.29, 1.82) is 0 Å². The molecule has 130 valence electrons. The van der Waals surface area contributed by atoms with Crippen molar-refractivity contribution in [3.63, 3.8) is 0 Å². The number of hydrogen-bond donors (Lipinski definition) is 2. The van der Waals surface area contributed by atoms with Crippen LogP contribution in [-0.2, 0) is 9.59 Å². The van der Waals surface area contributed by atoms with E-state index in [1.54, 1.807) is 19.9 Å². The summed E-state index contributed by atoms with van der Waals surface area (Å²) >= 11 is 0. The van der Waals surface area contributed by atoms with E-state index in [9.17, 15) is 14.0 Å². The second-order valence-electron chi connectivity index (χ2n) is 6.70. The molecule has 4 nitrogen and oxygen atoms in total. The Hall–Kier alpha value is -2.17. The summed E-state index contributed by atoms with van der Waals surface area (Å²) in [6, 6.07) is 5.62. The third-order valence-corrected chi connectivity index (χ3v) is 4.33. The Balaban J connectivity index is 1.86. The zero-order valence-electron chi connectivity index (χ0n) is 14.3. The van der Waals surface area contributed by atoms with Crippen molar-refractivity contribution in [2.24, 2.45) is 5.41 Å². The third-order valence-electron chi connectivity index (χ3n) is 4.33. The van der Waals surface area contributed by atoms with E-state index in [0.29, 0.717) is 12.2 Å². The van der Waals surface area contributed by atoms with E-state index >= 15 is 0 Å². The Kier molecular flexibility index (Phi) is 6.12. The van der Waals surface area contributed by atoms with Crippen molar-refractivity contribution >= 4 is 17.5 Å². The molecule has 0 saturated heterocycles. The van der Waals surface area contributed by atoms with Crippen LogP contribution in [-0.4, -0.2) is 18.4 Å². The average Bonchev–Trinajstić information content (AvgIpc) is 2.55. The number of rotatable bonds is 6. The van der Waals surface area contributed by atoms with Gasteiger partial charge < -0.3 is 10.6 Å². The zero-order chi connectivity index (χ0) is 17.6. The minimum Gasteiger partial charge on any atom is -0.355 e. The first-order valence-electron chi connectivity index (χ1n) is 8.43. The highest BCUT2D eigenvalue weighted by Gasteiger charge is 2.35. The molecule has 0 saturated carbocycles. The largest absolute Gasteiger partial charge is 0.355 e. The summed E-state index contributed by atoms with van der Waals surface area (Å²) < 4.78 is 13.2. The Morgan fingerprint density at radius 2 is 2.00 bits per heavy atom. The highest BCUT2D eigenvalue weighted by molar-refractivity contribution is 6.09. The second-order valence-corrected chi connectivity index (χ2v) is 6.70. The fourth-order valence-electron chi connectivity index (χ4n) is 2.65. The van der Waals surface area contributed by atoms with Gasteiger partial charge in [-0.25, -0.2) is 4.39 Å². The molecule has 0 unspecified atom stereocenters. The molecule has 0 spiro atoms. The number of halogens is 1. The molecule has 0 aliphatic heterocycles. The lowest BCUT2D eigenvalue weighted by Gasteiger charge is -2.23. The molecule has 1 aliphatic carbocycles. The van der Waals surface area contributed by atoms with Crippen molar-refractivity contribution in [3.8, 4) is 0 Å². The second kappa shape index (κ2) is 8.08. The van der Waals surface area contributed by atoms with Crippen molar-refractivity contribution in [3.05, 3.63) is 41.7 Å². The fraction of sp³-hybridized carbons (Fsp3) is 0.474. The molecule has 0 atom stereocenters. The van der Waals surface area contributed by atoms with Crippen LogP contribution in [0.1, 0.15) is 46.0 Å². The fourth-order valence-corrected chi connectivity index (χ4v) is 2.65. The van der Waals surface area contributed by atoms with Gasteiger partial charge in [-0.05, 0) is 64.2 Å². The van der Waals surface area contributed by atoms with Gasteiger partial charge in [0.25, 0.3) is 0 Å². The lowest BCUT2D eigenvalue weighted by Crippen LogP contribution is -2.45. The Morgan fingerprint density at radius 1 is 1.21 bits per heavy atom. The number of anilines is 1. The van der Waals surface area contributed by atoms with E-state index in [1.807, 2.05) is 0 Å². The smallest absolute Gasteiger partial charge is 0.239 e. The Morgan fingerprint density at radius 3 is 2.67 bits per heavy atom. The van der Waals surface area contributed by atoms with Crippen molar-refractivity contribution < 1.29 is 14.0 Å². The van der Waals surface area contributed by atoms with Crippen LogP contribution < -0.4 is 10.6 Å². The molecule has 0 heterocycles. The standard InChI is InChI=1S/C19H25FN2O2/c1-19(2,18(24)22-16-10-6-9-15(20)13-16)17(23)21-12-11-14-7-4-3-5-8-14/h6-7,9-10,13H,3-5,8,11-12H2,1-2H3,(H,21,23)(H,22,24). The van der Waals surface area contributed by atoms with Gasteiger partial charge >= 0.3 is 0 Å². The topological polar surface area (TPSA) is 58.2 Å². The van der Waals surface area contributed by atoms with Crippen LogP contribution in [0.15, 0.2) is 35.9 Å². The quantitative estimate of drug-likeness (QED) is 0.615. The van der Waals surface area contributed by atoms with Gasteiger partial charge in [-0.2, -0.15) is 0 Å². The average molecular weight is 332 g/mol. The van der Waals surface area contributed by atoms with Crippen LogP contribution in [0.5, 0.6) is 0 Å². The van der Waals surface area contributed by atoms with Gasteiger partial charge in [0.1, 0.15) is 11.2 Å². The molecule has 0 fully saturated rings. The molecule has 2 N–H and O–H groups in total. The highest BCUT2D eigenvalue weighted by Crippen LogP contribution is 2.21. The molecule has 0 aromatic heterocycles. The first kappa shape index (κ1) is 18.2. The molecule has 24 heavy (non-hydrogen) atoms. The van der Waals surface area contributed by atoms with Crippen LogP contribution in [0, 0.1) is 11.2 Å². The number of hydrogen-bond acceptors (Lipinski definition) is 2. The van der Waals surface area contributed by atoms with E-state index < -0.39 is 17.1 Å². The van der Waals surface area contributed by atoms with Crippen LogP contribution in [0.3, 0.4) is 0 Å². The molecular weight excluding hydrogens is 307 g/mol. The summed E-state index contributed by atoms with van der Waals surface area (Å²) in [6.07, 6.45) is 7.74. The summed E-state index contributed by atoms with van der Waals surface area (Å²) in [5.74, 6) is -1.22. The van der Waals surface area contributed by atoms with Crippen molar-refractivity contribution in [2.75, 3.05) is 11.9 Å². The lowest BCUT2D eigenvalue weighted by molar-refractivity contribution is -0.138. The maximum absolute atomic E-state index is 13.2. The Bertz CT molecular complexity index is 638. The molecule has 2 amide bonds. The monoisotopic (exact) mass is 332 g/mol. The summed E-state index contributed by atoms with van der Waals surface area (Å²) in [5, 5.41) is 5.43. The van der Waals surface area contributed by atoms with Crippen molar-refractivity contribution in [2.45, 2.75) is 46.0 Å². The van der Waals surface area contributed by atoms with Gasteiger partial charge in [0, 0.05) is 12.2 Å². The SMILES string of the molecule is CC(C)(C(=O)NCCC1=CCCCC1)C(=O)Nc1cccc(F)c1. The number of allylic oxidation sites excluding steroid dienone is 1. The minimum absolute atomic E-state index is 0.326. The molecule has 2 rings (SSSR count). The van der Waals surface area contributed by atoms with E-state index in [-0.39, 0.29) is 5.91 Å². The van der Waals surface area contributed by atoms with E-state index in [2.05, 4.69) is 16.7 Å². The Labute approximate surface area is 142 Å². The first-order valence-corrected chi connectivity index (χ1v) is 8.43. The van der Waals surface area contributed by atoms with E-state index in [4.69, 9.17) is 0 Å². The van der Waals surface area contributed by atoms with Gasteiger partial charge in [-0.1, -0.05) is 17.7 Å². The van der Waals surface area contributed by atoms with Crippen LogP contribution >= 0.6 is 0 Å². The predicted molar refractivity (Wildman–Crippen MR) is 93.0 cm³/mol. The van der Waals surface area contributed by atoms with E-state index in [0.717, 1.165) is 19.3 Å². The van der Waals surface area contributed by atoms with Gasteiger partial charge in [-0.15, -0.1) is 0 Å². The normalized spacial score (nSPS) is 14.7. The van der Waals surface area contributed by atoms with Crippen LogP contribution in [0.4, 0.5) is 10.1 Å². The molecule has 0 bridgehead atoms. The zero-order valence-corrected chi connectivity index (χ0v) is 14.3. The maximum atomic E-state index is 13.2. The molecule has 5 heteroatoms. The van der Waals surface area contributed by atoms with Gasteiger partial charge in [-0.3, -0.25) is 9.59 Å². The molecule has 1 aliphatic rings. The molecular formula is C19H25FN2O2. The predicted octanol–water partition coefficient (Wildman–Crippen LogP) is 3.80. The number of nitrogens with one attached hydrogen (secondary N) is 2. The molecule has 1 aromatic carbocycles. The number of carbonyl (C=O) groups is 2. The van der Waals surface area contributed by atoms with Crippen LogP contribution in [0.2, 0.25) is 0 Å². The molecule has 1 aromatic rings. The summed E-state index contributed by atoms with van der Waals surface area (Å²) in [4.78, 5) is 24.7. The minimum atomic E-state index is -1.23. The van der Waals surface area contributed by atoms with Crippen molar-refractivity contribution in [1.82, 2.24) is 5.32 Å². The summed E-state index contributed by atoms with van der Waals surface area (Å²) in [5.41, 5.74) is 0.490. The summed E-state index contributed by atoms with van der Waals surface area (Å²) in [7, 11) is 0. The number of carbonyl (C=O) groups excluding carboxylic acids is 2. The number of benzene rings is 1. The maximum Gasteiger partial charge on any atom is 0.239 e. The van der Waals surface area contributed by atoms with Gasteiger partial charge in [0.05, 0.1) is 0 Å². The van der Waals surface area contributed by atoms with Crippen LogP contribution in [0.25, 0.3) is 0 Å². The number of amides is 2. The summed E-state index contributed by atoms with van der Waals surface area (Å²) in [6.45, 7) is 3.66. The van der Waals surface area contributed by atoms with Gasteiger partial charge in [0.2, 0.25) is 11.8 Å². The van der Waals surface area contributed by atoms with Gasteiger partial charge in [0.15, 0.2) is 0 Å².